The number of carboxylic acid groups (broad SMARTS) is 1. The number of halogens is 1. The van der Waals surface area contributed by atoms with Crippen LogP contribution in [0, 0.1) is 12.7 Å². The second-order valence-electron chi connectivity index (χ2n) is 7.82. The van der Waals surface area contributed by atoms with Crippen LogP contribution in [-0.2, 0) is 19.6 Å². The Labute approximate surface area is 186 Å². The van der Waals surface area contributed by atoms with E-state index in [0.29, 0.717) is 19.6 Å². The minimum atomic E-state index is -0.967. The number of hydrogen-bond donors (Lipinski definition) is 2. The second kappa shape index (κ2) is 9.24. The van der Waals surface area contributed by atoms with E-state index in [1.54, 1.807) is 19.2 Å². The normalized spacial score (nSPS) is 11.1. The minimum absolute atomic E-state index is 0.271. The van der Waals surface area contributed by atoms with Crippen LogP contribution in [-0.4, -0.2) is 22.8 Å². The van der Waals surface area contributed by atoms with Crippen LogP contribution in [0.25, 0.3) is 10.9 Å². The molecule has 164 valence electrons. The predicted molar refractivity (Wildman–Crippen MR) is 123 cm³/mol. The summed E-state index contributed by atoms with van der Waals surface area (Å²) in [6, 6.07) is 19.9. The van der Waals surface area contributed by atoms with Crippen molar-refractivity contribution in [3.8, 4) is 5.75 Å². The van der Waals surface area contributed by atoms with Crippen LogP contribution in [0.2, 0.25) is 0 Å². The van der Waals surface area contributed by atoms with E-state index in [0.717, 1.165) is 38.9 Å². The number of fused-ring (bicyclic) bond motifs is 1. The van der Waals surface area contributed by atoms with E-state index in [4.69, 9.17) is 4.74 Å². The Morgan fingerprint density at radius 2 is 1.69 bits per heavy atom. The van der Waals surface area contributed by atoms with Crippen LogP contribution in [0.1, 0.15) is 32.7 Å². The van der Waals surface area contributed by atoms with Gasteiger partial charge in [0.2, 0.25) is 0 Å². The number of benzene rings is 3. The Morgan fingerprint density at radius 3 is 2.34 bits per heavy atom. The van der Waals surface area contributed by atoms with E-state index < -0.39 is 5.97 Å². The summed E-state index contributed by atoms with van der Waals surface area (Å²) in [5.41, 5.74) is 4.88. The minimum Gasteiger partial charge on any atom is -0.497 e. The summed E-state index contributed by atoms with van der Waals surface area (Å²) >= 11 is 0. The quantitative estimate of drug-likeness (QED) is 0.405. The van der Waals surface area contributed by atoms with Gasteiger partial charge in [0.05, 0.1) is 7.11 Å². The molecular formula is C26H25FN2O3. The molecule has 0 aliphatic rings. The first-order chi connectivity index (χ1) is 15.5. The van der Waals surface area contributed by atoms with E-state index >= 15 is 0 Å². The van der Waals surface area contributed by atoms with Crippen LogP contribution in [0.3, 0.4) is 0 Å². The van der Waals surface area contributed by atoms with Crippen molar-refractivity contribution in [1.29, 1.82) is 0 Å². The van der Waals surface area contributed by atoms with E-state index in [9.17, 15) is 14.3 Å². The summed E-state index contributed by atoms with van der Waals surface area (Å²) in [5, 5.41) is 14.3. The highest BCUT2D eigenvalue weighted by Crippen LogP contribution is 2.29. The molecule has 32 heavy (non-hydrogen) atoms. The first-order valence-electron chi connectivity index (χ1n) is 10.4. The third kappa shape index (κ3) is 4.50. The fourth-order valence-electron chi connectivity index (χ4n) is 3.97. The summed E-state index contributed by atoms with van der Waals surface area (Å²) in [6.07, 6.45) is 0. The zero-order valence-corrected chi connectivity index (χ0v) is 18.1. The van der Waals surface area contributed by atoms with Gasteiger partial charge >= 0.3 is 5.97 Å². The maximum atomic E-state index is 13.2. The molecule has 5 nitrogen and oxygen atoms in total. The van der Waals surface area contributed by atoms with Crippen molar-refractivity contribution in [2.75, 3.05) is 7.11 Å². The number of hydrogen-bond acceptors (Lipinski definition) is 3. The van der Waals surface area contributed by atoms with Crippen LogP contribution in [0.4, 0.5) is 4.39 Å². The molecule has 0 saturated carbocycles. The van der Waals surface area contributed by atoms with E-state index in [1.165, 1.54) is 12.1 Å². The SMILES string of the molecule is COc1ccc(Cn2c(C(=O)O)c(CNCc3ccc(F)cc3)c3ccc(C)cc32)cc1. The van der Waals surface area contributed by atoms with Crippen LogP contribution in [0.15, 0.2) is 66.7 Å². The molecule has 1 aromatic heterocycles. The maximum Gasteiger partial charge on any atom is 0.352 e. The van der Waals surface area contributed by atoms with Gasteiger partial charge in [-0.05, 0) is 53.9 Å². The molecule has 0 saturated heterocycles. The maximum absolute atomic E-state index is 13.2. The summed E-state index contributed by atoms with van der Waals surface area (Å²) < 4.78 is 20.2. The lowest BCUT2D eigenvalue weighted by Crippen LogP contribution is -2.17. The molecule has 2 N–H and O–H groups in total. The number of nitrogens with one attached hydrogen (secondary N) is 1. The fourth-order valence-corrected chi connectivity index (χ4v) is 3.97. The largest absolute Gasteiger partial charge is 0.497 e. The topological polar surface area (TPSA) is 63.5 Å². The Morgan fingerprint density at radius 1 is 1.00 bits per heavy atom. The van der Waals surface area contributed by atoms with E-state index in [-0.39, 0.29) is 11.5 Å². The number of aromatic nitrogens is 1. The van der Waals surface area contributed by atoms with Crippen molar-refractivity contribution < 1.29 is 19.0 Å². The Hall–Kier alpha value is -3.64. The number of carbonyl (C=O) groups is 1. The number of aromatic carboxylic acids is 1. The number of nitrogens with zero attached hydrogens (tertiary/aromatic N) is 1. The van der Waals surface area contributed by atoms with Crippen molar-refractivity contribution >= 4 is 16.9 Å². The van der Waals surface area contributed by atoms with Gasteiger partial charge in [0.1, 0.15) is 17.3 Å². The first-order valence-corrected chi connectivity index (χ1v) is 10.4. The molecule has 0 fully saturated rings. The predicted octanol–water partition coefficient (Wildman–Crippen LogP) is 5.13. The van der Waals surface area contributed by atoms with Gasteiger partial charge in [0.25, 0.3) is 0 Å². The molecule has 0 aliphatic carbocycles. The van der Waals surface area contributed by atoms with Gasteiger partial charge in [-0.15, -0.1) is 0 Å². The van der Waals surface area contributed by atoms with Crippen LogP contribution in [0.5, 0.6) is 5.75 Å². The van der Waals surface area contributed by atoms with Gasteiger partial charge in [-0.1, -0.05) is 36.4 Å². The second-order valence-corrected chi connectivity index (χ2v) is 7.82. The highest BCUT2D eigenvalue weighted by atomic mass is 19.1. The summed E-state index contributed by atoms with van der Waals surface area (Å²) in [6.45, 7) is 3.32. The lowest BCUT2D eigenvalue weighted by atomic mass is 10.1. The van der Waals surface area contributed by atoms with E-state index in [1.807, 2.05) is 54.0 Å². The van der Waals surface area contributed by atoms with Gasteiger partial charge in [-0.25, -0.2) is 9.18 Å². The molecule has 0 aliphatic heterocycles. The number of aryl methyl sites for hydroxylation is 1. The Balaban J connectivity index is 1.70. The van der Waals surface area contributed by atoms with Gasteiger partial charge in [0.15, 0.2) is 0 Å². The lowest BCUT2D eigenvalue weighted by Gasteiger charge is -2.11. The zero-order chi connectivity index (χ0) is 22.7. The molecule has 0 bridgehead atoms. The average Bonchev–Trinajstić information content (AvgIpc) is 3.08. The fraction of sp³-hybridized carbons (Fsp3) is 0.192. The zero-order valence-electron chi connectivity index (χ0n) is 18.1. The van der Waals surface area contributed by atoms with Gasteiger partial charge in [0, 0.05) is 36.1 Å². The molecular weight excluding hydrogens is 407 g/mol. The van der Waals surface area contributed by atoms with Crippen molar-refractivity contribution in [2.45, 2.75) is 26.6 Å². The summed E-state index contributed by atoms with van der Waals surface area (Å²) in [4.78, 5) is 12.3. The molecule has 3 aromatic carbocycles. The van der Waals surface area contributed by atoms with Crippen LogP contribution >= 0.6 is 0 Å². The van der Waals surface area contributed by atoms with Crippen molar-refractivity contribution in [2.24, 2.45) is 0 Å². The smallest absolute Gasteiger partial charge is 0.352 e. The molecule has 0 spiro atoms. The third-order valence-electron chi connectivity index (χ3n) is 5.57. The third-order valence-corrected chi connectivity index (χ3v) is 5.57. The molecule has 0 unspecified atom stereocenters. The number of carboxylic acids is 1. The van der Waals surface area contributed by atoms with Crippen molar-refractivity contribution in [3.05, 3.63) is 100 Å². The number of rotatable bonds is 8. The molecule has 4 rings (SSSR count). The Kier molecular flexibility index (Phi) is 6.23. The molecule has 0 atom stereocenters. The highest BCUT2D eigenvalue weighted by Gasteiger charge is 2.22. The molecule has 6 heteroatoms. The Bertz CT molecular complexity index is 1250. The first kappa shape index (κ1) is 21.6. The van der Waals surface area contributed by atoms with Crippen molar-refractivity contribution in [1.82, 2.24) is 9.88 Å². The highest BCUT2D eigenvalue weighted by molar-refractivity contribution is 5.98. The van der Waals surface area contributed by atoms with Gasteiger partial charge < -0.3 is 19.7 Å². The standard InChI is InChI=1S/C26H25FN2O3/c1-17-3-12-22-23(15-28-14-18-4-8-20(27)9-5-18)25(26(30)31)29(24(22)13-17)16-19-6-10-21(32-2)11-7-19/h3-13,28H,14-16H2,1-2H3,(H,30,31). The van der Waals surface area contributed by atoms with Gasteiger partial charge in [-0.3, -0.25) is 0 Å². The monoisotopic (exact) mass is 432 g/mol. The summed E-state index contributed by atoms with van der Waals surface area (Å²) in [5.74, 6) is -0.490. The molecule has 0 radical (unpaired) electrons. The van der Waals surface area contributed by atoms with Gasteiger partial charge in [-0.2, -0.15) is 0 Å². The molecule has 0 amide bonds. The summed E-state index contributed by atoms with van der Waals surface area (Å²) in [7, 11) is 1.62. The van der Waals surface area contributed by atoms with Crippen LogP contribution < -0.4 is 10.1 Å². The molecule has 4 aromatic rings. The molecule has 1 heterocycles. The van der Waals surface area contributed by atoms with E-state index in [2.05, 4.69) is 5.32 Å². The number of ether oxygens (including phenoxy) is 1. The number of methoxy groups -OCH3 is 1. The average molecular weight is 432 g/mol. The lowest BCUT2D eigenvalue weighted by molar-refractivity contribution is 0.0684. The van der Waals surface area contributed by atoms with Crippen molar-refractivity contribution in [3.63, 3.8) is 0 Å².